The molecule has 4 aromatic rings. The first-order valence-corrected chi connectivity index (χ1v) is 17.2. The fourth-order valence-electron chi connectivity index (χ4n) is 7.02. The number of ether oxygens (including phenoxy) is 1. The normalized spacial score (nSPS) is 21.4. The van der Waals surface area contributed by atoms with Crippen LogP contribution in [0.2, 0.25) is 0 Å². The number of aryl methyl sites for hydroxylation is 1. The highest BCUT2D eigenvalue weighted by molar-refractivity contribution is 7.94. The number of fused-ring (bicyclic) bond motifs is 3. The molecule has 244 valence electrons. The Balaban J connectivity index is 1.42. The Morgan fingerprint density at radius 2 is 2.00 bits per heavy atom. The number of aromatic hydroxyl groups is 1. The quantitative estimate of drug-likeness (QED) is 0.250. The number of alkyl halides is 1. The molecule has 0 bridgehead atoms. The Labute approximate surface area is 269 Å². The second kappa shape index (κ2) is 11.6. The van der Waals surface area contributed by atoms with Gasteiger partial charge in [0.25, 0.3) is 0 Å². The average molecular weight is 664 g/mol. The van der Waals surface area contributed by atoms with E-state index in [-0.39, 0.29) is 51.3 Å². The molecule has 2 fully saturated rings. The van der Waals surface area contributed by atoms with Crippen molar-refractivity contribution in [2.24, 2.45) is 0 Å². The predicted molar refractivity (Wildman–Crippen MR) is 173 cm³/mol. The molecule has 3 aliphatic rings. The van der Waals surface area contributed by atoms with Crippen LogP contribution in [0.25, 0.3) is 32.9 Å². The highest BCUT2D eigenvalue weighted by atomic mass is 32.2. The Morgan fingerprint density at radius 3 is 2.79 bits per heavy atom. The van der Waals surface area contributed by atoms with Crippen LogP contribution in [-0.2, 0) is 16.3 Å². The third kappa shape index (κ3) is 5.50. The topological polar surface area (TPSA) is 109 Å². The van der Waals surface area contributed by atoms with Gasteiger partial charge >= 0.3 is 6.01 Å². The molecule has 2 aromatic carbocycles. The number of phenols is 1. The van der Waals surface area contributed by atoms with Crippen LogP contribution in [0.3, 0.4) is 0 Å². The van der Waals surface area contributed by atoms with E-state index in [0.717, 1.165) is 25.6 Å². The second-order valence-electron chi connectivity index (χ2n) is 12.3. The Kier molecular flexibility index (Phi) is 7.71. The summed E-state index contributed by atoms with van der Waals surface area (Å²) in [5.41, 5.74) is -0.369. The molecule has 47 heavy (non-hydrogen) atoms. The van der Waals surface area contributed by atoms with Gasteiger partial charge in [-0.2, -0.15) is 9.97 Å². The van der Waals surface area contributed by atoms with E-state index in [2.05, 4.69) is 19.9 Å². The number of pyridine rings is 1. The van der Waals surface area contributed by atoms with Crippen molar-refractivity contribution in [3.05, 3.63) is 83.2 Å². The van der Waals surface area contributed by atoms with Gasteiger partial charge in [-0.15, -0.1) is 0 Å². The monoisotopic (exact) mass is 663 g/mol. The summed E-state index contributed by atoms with van der Waals surface area (Å²) in [5, 5.41) is 11.6. The van der Waals surface area contributed by atoms with Gasteiger partial charge in [-0.1, -0.05) is 19.1 Å². The van der Waals surface area contributed by atoms with Gasteiger partial charge in [0.2, 0.25) is 0 Å². The molecular formula is C34H32F3N5O4S. The SMILES string of the molecule is CCc1c(F)ccc2cc(O)cc(-c3ncc4c(N5C=CC=CC(S(C)(=O)=O)=C5)nc(OC[C@@]56CCCN5C[C@H](F)C6)nc4c3F)c12. The molecule has 13 heteroatoms. The van der Waals surface area contributed by atoms with Crippen LogP contribution in [0.15, 0.2) is 66.0 Å². The minimum absolute atomic E-state index is 0.0115. The second-order valence-corrected chi connectivity index (χ2v) is 14.3. The third-order valence-electron chi connectivity index (χ3n) is 9.19. The van der Waals surface area contributed by atoms with Crippen LogP contribution in [0.4, 0.5) is 19.0 Å². The number of nitrogens with zero attached hydrogens (tertiary/aromatic N) is 5. The van der Waals surface area contributed by atoms with Crippen molar-refractivity contribution in [1.82, 2.24) is 19.9 Å². The number of rotatable bonds is 7. The molecule has 0 aliphatic carbocycles. The number of benzene rings is 2. The molecule has 0 saturated carbocycles. The lowest BCUT2D eigenvalue weighted by molar-refractivity contribution is 0.107. The van der Waals surface area contributed by atoms with E-state index in [1.807, 2.05) is 0 Å². The van der Waals surface area contributed by atoms with Gasteiger partial charge in [0, 0.05) is 43.4 Å². The van der Waals surface area contributed by atoms with Gasteiger partial charge in [-0.25, -0.2) is 21.6 Å². The first-order valence-electron chi connectivity index (χ1n) is 15.3. The molecule has 9 nitrogen and oxygen atoms in total. The molecule has 7 rings (SSSR count). The van der Waals surface area contributed by atoms with Crippen LogP contribution in [0.5, 0.6) is 11.8 Å². The third-order valence-corrected chi connectivity index (χ3v) is 10.3. The van der Waals surface area contributed by atoms with Gasteiger partial charge in [0.05, 0.1) is 15.8 Å². The predicted octanol–water partition coefficient (Wildman–Crippen LogP) is 6.12. The van der Waals surface area contributed by atoms with Crippen LogP contribution in [0.1, 0.15) is 31.7 Å². The number of halogens is 3. The zero-order valence-corrected chi connectivity index (χ0v) is 26.6. The molecule has 3 aliphatic heterocycles. The van der Waals surface area contributed by atoms with Gasteiger partial charge in [-0.05, 0) is 72.5 Å². The van der Waals surface area contributed by atoms with E-state index in [1.165, 1.54) is 47.6 Å². The molecule has 2 aromatic heterocycles. The zero-order chi connectivity index (χ0) is 33.1. The fourth-order valence-corrected chi connectivity index (χ4v) is 7.65. The number of hydrogen-bond donors (Lipinski definition) is 1. The standard InChI is InChI=1S/C34H32F3N5O4S/c1-3-24-27(36)9-8-20-13-22(43)14-25(28(20)24)30-29(37)31-26(16-38-30)32(41-11-5-4-7-23(18-41)47(2,44)45)40-33(39-31)46-19-34-10-6-12-42(34)17-21(35)15-34/h4-5,7-9,11,13-14,16,18,21,43H,3,6,10,12,15,17,19H2,1-2H3/t21-,34+/m1/s1. The van der Waals surface area contributed by atoms with E-state index in [4.69, 9.17) is 4.74 Å². The van der Waals surface area contributed by atoms with Crippen molar-refractivity contribution in [2.45, 2.75) is 44.3 Å². The largest absolute Gasteiger partial charge is 0.508 e. The maximum atomic E-state index is 16.8. The Bertz CT molecular complexity index is 2140. The van der Waals surface area contributed by atoms with Crippen LogP contribution in [-0.4, -0.2) is 71.0 Å². The zero-order valence-electron chi connectivity index (χ0n) is 25.8. The van der Waals surface area contributed by atoms with Crippen molar-refractivity contribution in [2.75, 3.05) is 30.9 Å². The molecule has 5 heterocycles. The van der Waals surface area contributed by atoms with E-state index in [1.54, 1.807) is 25.3 Å². The van der Waals surface area contributed by atoms with E-state index in [0.29, 0.717) is 35.7 Å². The van der Waals surface area contributed by atoms with Crippen molar-refractivity contribution in [3.63, 3.8) is 0 Å². The fraction of sp³-hybridized carbons (Fsp3) is 0.324. The highest BCUT2D eigenvalue weighted by Gasteiger charge is 2.49. The minimum Gasteiger partial charge on any atom is -0.508 e. The van der Waals surface area contributed by atoms with Crippen molar-refractivity contribution < 1.29 is 31.4 Å². The maximum Gasteiger partial charge on any atom is 0.319 e. The Hall–Kier alpha value is -4.49. The summed E-state index contributed by atoms with van der Waals surface area (Å²) in [4.78, 5) is 17.0. The van der Waals surface area contributed by atoms with Gasteiger partial charge in [0.1, 0.15) is 35.6 Å². The number of hydrogen-bond acceptors (Lipinski definition) is 9. The lowest BCUT2D eigenvalue weighted by Gasteiger charge is -2.31. The smallest absolute Gasteiger partial charge is 0.319 e. The molecule has 2 atom stereocenters. The summed E-state index contributed by atoms with van der Waals surface area (Å²) in [6.45, 7) is 2.93. The number of aromatic nitrogens is 3. The molecule has 0 spiro atoms. The van der Waals surface area contributed by atoms with Crippen molar-refractivity contribution in [1.29, 1.82) is 0 Å². The minimum atomic E-state index is -3.64. The van der Waals surface area contributed by atoms with Crippen LogP contribution < -0.4 is 9.64 Å². The van der Waals surface area contributed by atoms with Gasteiger partial charge in [0.15, 0.2) is 21.5 Å². The lowest BCUT2D eigenvalue weighted by Crippen LogP contribution is -2.43. The molecule has 2 saturated heterocycles. The Morgan fingerprint density at radius 1 is 1.17 bits per heavy atom. The summed E-state index contributed by atoms with van der Waals surface area (Å²) in [7, 11) is -3.64. The van der Waals surface area contributed by atoms with E-state index < -0.39 is 33.2 Å². The summed E-state index contributed by atoms with van der Waals surface area (Å²) >= 11 is 0. The number of allylic oxidation sites excluding steroid dienone is 3. The molecule has 1 N–H and O–H groups in total. The van der Waals surface area contributed by atoms with E-state index >= 15 is 4.39 Å². The maximum absolute atomic E-state index is 16.8. The summed E-state index contributed by atoms with van der Waals surface area (Å²) in [5.74, 6) is -1.39. The molecule has 0 amide bonds. The highest BCUT2D eigenvalue weighted by Crippen LogP contribution is 2.42. The molecular weight excluding hydrogens is 631 g/mol. The van der Waals surface area contributed by atoms with E-state index in [9.17, 15) is 22.3 Å². The van der Waals surface area contributed by atoms with Crippen LogP contribution >= 0.6 is 0 Å². The number of sulfone groups is 1. The number of phenolic OH excluding ortho intramolecular Hbond substituents is 1. The van der Waals surface area contributed by atoms with Gasteiger partial charge < -0.3 is 14.7 Å². The van der Waals surface area contributed by atoms with Crippen LogP contribution in [0, 0.1) is 11.6 Å². The van der Waals surface area contributed by atoms with Crippen molar-refractivity contribution >= 4 is 37.3 Å². The first-order chi connectivity index (χ1) is 22.5. The lowest BCUT2D eigenvalue weighted by atomic mass is 9.94. The molecule has 0 radical (unpaired) electrons. The van der Waals surface area contributed by atoms with Crippen molar-refractivity contribution in [3.8, 4) is 23.0 Å². The summed E-state index contributed by atoms with van der Waals surface area (Å²) in [6.07, 6.45) is 11.2. The molecule has 0 unspecified atom stereocenters. The average Bonchev–Trinajstić information content (AvgIpc) is 3.42. The van der Waals surface area contributed by atoms with Gasteiger partial charge in [-0.3, -0.25) is 9.88 Å². The summed E-state index contributed by atoms with van der Waals surface area (Å²) in [6, 6.07) is 5.45. The first kappa shape index (κ1) is 31.1. The number of anilines is 1. The summed E-state index contributed by atoms with van der Waals surface area (Å²) < 4.78 is 77.4.